The van der Waals surface area contributed by atoms with Crippen LogP contribution in [0.2, 0.25) is 0 Å². The second-order valence-electron chi connectivity index (χ2n) is 6.16. The fourth-order valence-electron chi connectivity index (χ4n) is 2.33. The molecule has 2 aromatic rings. The Kier molecular flexibility index (Phi) is 4.97. The van der Waals surface area contributed by atoms with E-state index in [9.17, 15) is 14.0 Å². The van der Waals surface area contributed by atoms with E-state index in [1.165, 1.54) is 12.1 Å². The van der Waals surface area contributed by atoms with Crippen molar-refractivity contribution in [3.63, 3.8) is 0 Å². The standard InChI is InChI=1S/C19H20FN3O2/c1-12(18(24)23-17-5-3-2-4-16(17)20)21-14-8-6-13(7-9-14)19(25)22-15-10-11-15/h2-9,12,15,21H,10-11H2,1H3,(H,22,25)(H,23,24). The highest BCUT2D eigenvalue weighted by Gasteiger charge is 2.23. The van der Waals surface area contributed by atoms with Gasteiger partial charge < -0.3 is 16.0 Å². The summed E-state index contributed by atoms with van der Waals surface area (Å²) in [6, 6.07) is 12.7. The minimum Gasteiger partial charge on any atom is -0.374 e. The zero-order chi connectivity index (χ0) is 17.8. The maximum absolute atomic E-state index is 13.6. The van der Waals surface area contributed by atoms with Gasteiger partial charge in [-0.2, -0.15) is 0 Å². The number of benzene rings is 2. The van der Waals surface area contributed by atoms with E-state index in [0.29, 0.717) is 17.3 Å². The fraction of sp³-hybridized carbons (Fsp3) is 0.263. The summed E-state index contributed by atoms with van der Waals surface area (Å²) in [5.74, 6) is -0.908. The Morgan fingerprint density at radius 1 is 1.08 bits per heavy atom. The normalized spacial score (nSPS) is 14.5. The van der Waals surface area contributed by atoms with Gasteiger partial charge in [0.2, 0.25) is 5.91 Å². The summed E-state index contributed by atoms with van der Waals surface area (Å²) in [6.45, 7) is 1.68. The Balaban J connectivity index is 1.56. The number of carbonyl (C=O) groups is 2. The van der Waals surface area contributed by atoms with Crippen molar-refractivity contribution < 1.29 is 14.0 Å². The molecule has 2 amide bonds. The Labute approximate surface area is 145 Å². The van der Waals surface area contributed by atoms with E-state index < -0.39 is 11.9 Å². The Bertz CT molecular complexity index is 772. The molecule has 6 heteroatoms. The summed E-state index contributed by atoms with van der Waals surface area (Å²) < 4.78 is 13.6. The highest BCUT2D eigenvalue weighted by molar-refractivity contribution is 5.97. The molecule has 130 valence electrons. The van der Waals surface area contributed by atoms with Gasteiger partial charge in [0.25, 0.3) is 5.91 Å². The minimum atomic E-state index is -0.564. The number of rotatable bonds is 6. The van der Waals surface area contributed by atoms with Gasteiger partial charge in [0.15, 0.2) is 0 Å². The first-order valence-electron chi connectivity index (χ1n) is 8.26. The third kappa shape index (κ3) is 4.56. The van der Waals surface area contributed by atoms with Gasteiger partial charge in [0.1, 0.15) is 11.9 Å². The van der Waals surface area contributed by atoms with Crippen molar-refractivity contribution in [1.82, 2.24) is 5.32 Å². The number of anilines is 2. The molecule has 1 atom stereocenters. The quantitative estimate of drug-likeness (QED) is 0.756. The molecule has 0 bridgehead atoms. The number of hydrogen-bond acceptors (Lipinski definition) is 3. The molecule has 0 radical (unpaired) electrons. The summed E-state index contributed by atoms with van der Waals surface area (Å²) in [5, 5.41) is 8.50. The predicted molar refractivity (Wildman–Crippen MR) is 95.0 cm³/mol. The Hall–Kier alpha value is -2.89. The van der Waals surface area contributed by atoms with E-state index in [0.717, 1.165) is 12.8 Å². The summed E-state index contributed by atoms with van der Waals surface area (Å²) in [4.78, 5) is 24.1. The van der Waals surface area contributed by atoms with Gasteiger partial charge in [-0.1, -0.05) is 12.1 Å². The van der Waals surface area contributed by atoms with Gasteiger partial charge in [0.05, 0.1) is 5.69 Å². The SMILES string of the molecule is CC(Nc1ccc(C(=O)NC2CC2)cc1)C(=O)Nc1ccccc1F. The van der Waals surface area contributed by atoms with Crippen LogP contribution in [0, 0.1) is 5.82 Å². The summed E-state index contributed by atoms with van der Waals surface area (Å²) in [5.41, 5.74) is 1.44. The van der Waals surface area contributed by atoms with E-state index in [4.69, 9.17) is 0 Å². The smallest absolute Gasteiger partial charge is 0.251 e. The maximum Gasteiger partial charge on any atom is 0.251 e. The number of hydrogen-bond donors (Lipinski definition) is 3. The molecule has 0 spiro atoms. The molecule has 1 aliphatic rings. The molecule has 1 saturated carbocycles. The second-order valence-corrected chi connectivity index (χ2v) is 6.16. The number of nitrogens with one attached hydrogen (secondary N) is 3. The van der Waals surface area contributed by atoms with Crippen LogP contribution in [0.15, 0.2) is 48.5 Å². The van der Waals surface area contributed by atoms with E-state index >= 15 is 0 Å². The third-order valence-electron chi connectivity index (χ3n) is 3.97. The molecule has 25 heavy (non-hydrogen) atoms. The molecule has 2 aromatic carbocycles. The molecule has 1 fully saturated rings. The van der Waals surface area contributed by atoms with Crippen molar-refractivity contribution in [2.45, 2.75) is 31.8 Å². The lowest BCUT2D eigenvalue weighted by atomic mass is 10.1. The zero-order valence-electron chi connectivity index (χ0n) is 13.9. The van der Waals surface area contributed by atoms with E-state index in [1.54, 1.807) is 43.3 Å². The van der Waals surface area contributed by atoms with Gasteiger partial charge in [-0.05, 0) is 56.2 Å². The predicted octanol–water partition coefficient (Wildman–Crippen LogP) is 3.16. The van der Waals surface area contributed by atoms with Gasteiger partial charge in [-0.25, -0.2) is 4.39 Å². The van der Waals surface area contributed by atoms with Crippen LogP contribution in [0.5, 0.6) is 0 Å². The summed E-state index contributed by atoms with van der Waals surface area (Å²) in [6.07, 6.45) is 2.08. The monoisotopic (exact) mass is 341 g/mol. The number of amides is 2. The molecular weight excluding hydrogens is 321 g/mol. The van der Waals surface area contributed by atoms with Crippen molar-refractivity contribution in [3.05, 3.63) is 59.9 Å². The average Bonchev–Trinajstić information content (AvgIpc) is 3.41. The third-order valence-corrected chi connectivity index (χ3v) is 3.97. The van der Waals surface area contributed by atoms with Crippen molar-refractivity contribution >= 4 is 23.2 Å². The van der Waals surface area contributed by atoms with Gasteiger partial charge in [-0.15, -0.1) is 0 Å². The average molecular weight is 341 g/mol. The van der Waals surface area contributed by atoms with Gasteiger partial charge in [-0.3, -0.25) is 9.59 Å². The van der Waals surface area contributed by atoms with Crippen LogP contribution in [0.3, 0.4) is 0 Å². The lowest BCUT2D eigenvalue weighted by Crippen LogP contribution is -2.32. The number of halogens is 1. The highest BCUT2D eigenvalue weighted by atomic mass is 19.1. The largest absolute Gasteiger partial charge is 0.374 e. The molecule has 3 rings (SSSR count). The van der Waals surface area contributed by atoms with Crippen LogP contribution in [0.1, 0.15) is 30.1 Å². The van der Waals surface area contributed by atoms with Crippen LogP contribution in [0.4, 0.5) is 15.8 Å². The topological polar surface area (TPSA) is 70.2 Å². The molecule has 5 nitrogen and oxygen atoms in total. The Morgan fingerprint density at radius 2 is 1.76 bits per heavy atom. The molecule has 1 aliphatic carbocycles. The van der Waals surface area contributed by atoms with Crippen molar-refractivity contribution in [2.75, 3.05) is 10.6 Å². The maximum atomic E-state index is 13.6. The molecule has 0 aromatic heterocycles. The molecule has 1 unspecified atom stereocenters. The van der Waals surface area contributed by atoms with Crippen LogP contribution in [-0.4, -0.2) is 23.9 Å². The van der Waals surface area contributed by atoms with E-state index in [-0.39, 0.29) is 17.5 Å². The first-order valence-corrected chi connectivity index (χ1v) is 8.26. The first kappa shape index (κ1) is 17.0. The number of carbonyl (C=O) groups excluding carboxylic acids is 2. The molecule has 3 N–H and O–H groups in total. The number of para-hydroxylation sites is 1. The Morgan fingerprint density at radius 3 is 2.40 bits per heavy atom. The van der Waals surface area contributed by atoms with Crippen LogP contribution in [-0.2, 0) is 4.79 Å². The van der Waals surface area contributed by atoms with E-state index in [2.05, 4.69) is 16.0 Å². The van der Waals surface area contributed by atoms with Crippen LogP contribution in [0.25, 0.3) is 0 Å². The van der Waals surface area contributed by atoms with E-state index in [1.807, 2.05) is 0 Å². The zero-order valence-corrected chi connectivity index (χ0v) is 13.9. The molecule has 0 aliphatic heterocycles. The summed E-state index contributed by atoms with van der Waals surface area (Å²) in [7, 11) is 0. The first-order chi connectivity index (χ1) is 12.0. The van der Waals surface area contributed by atoms with Crippen LogP contribution < -0.4 is 16.0 Å². The lowest BCUT2D eigenvalue weighted by molar-refractivity contribution is -0.116. The fourth-order valence-corrected chi connectivity index (χ4v) is 2.33. The second kappa shape index (κ2) is 7.34. The van der Waals surface area contributed by atoms with Gasteiger partial charge in [0, 0.05) is 17.3 Å². The lowest BCUT2D eigenvalue weighted by Gasteiger charge is -2.16. The van der Waals surface area contributed by atoms with Crippen molar-refractivity contribution in [1.29, 1.82) is 0 Å². The summed E-state index contributed by atoms with van der Waals surface area (Å²) >= 11 is 0. The highest BCUT2D eigenvalue weighted by Crippen LogP contribution is 2.20. The molecular formula is C19H20FN3O2. The molecule has 0 heterocycles. The van der Waals surface area contributed by atoms with Gasteiger partial charge >= 0.3 is 0 Å². The molecule has 0 saturated heterocycles. The van der Waals surface area contributed by atoms with Crippen molar-refractivity contribution in [3.8, 4) is 0 Å². The van der Waals surface area contributed by atoms with Crippen molar-refractivity contribution in [2.24, 2.45) is 0 Å². The minimum absolute atomic E-state index is 0.0839. The van der Waals surface area contributed by atoms with Crippen LogP contribution >= 0.6 is 0 Å².